The van der Waals surface area contributed by atoms with Gasteiger partial charge in [0, 0.05) is 24.7 Å². The van der Waals surface area contributed by atoms with Gasteiger partial charge in [0.05, 0.1) is 6.61 Å². The van der Waals surface area contributed by atoms with E-state index in [9.17, 15) is 5.11 Å². The zero-order valence-electron chi connectivity index (χ0n) is 10.6. The van der Waals surface area contributed by atoms with Crippen LogP contribution in [0.1, 0.15) is 39.5 Å². The predicted octanol–water partition coefficient (Wildman–Crippen LogP) is 1.21. The number of nitrogens with two attached hydrogens (primary N) is 1. The Morgan fingerprint density at radius 3 is 2.25 bits per heavy atom. The molecule has 94 valence electrons. The third kappa shape index (κ3) is 2.96. The van der Waals surface area contributed by atoms with Gasteiger partial charge in [-0.05, 0) is 51.4 Å². The molecule has 2 rings (SSSR count). The minimum Gasteiger partial charge on any atom is -0.395 e. The first-order chi connectivity index (χ1) is 7.63. The van der Waals surface area contributed by atoms with E-state index < -0.39 is 0 Å². The number of hydrogen-bond donors (Lipinski definition) is 2. The molecule has 0 aliphatic heterocycles. The van der Waals surface area contributed by atoms with E-state index in [1.165, 1.54) is 25.7 Å². The Morgan fingerprint density at radius 1 is 1.25 bits per heavy atom. The molecule has 2 unspecified atom stereocenters. The zero-order valence-corrected chi connectivity index (χ0v) is 10.6. The van der Waals surface area contributed by atoms with Crippen molar-refractivity contribution in [1.82, 2.24) is 4.90 Å². The van der Waals surface area contributed by atoms with Gasteiger partial charge in [0.25, 0.3) is 0 Å². The topological polar surface area (TPSA) is 49.5 Å². The largest absolute Gasteiger partial charge is 0.395 e. The Balaban J connectivity index is 1.95. The van der Waals surface area contributed by atoms with E-state index >= 15 is 0 Å². The van der Waals surface area contributed by atoms with Gasteiger partial charge in [0.2, 0.25) is 0 Å². The first-order valence-corrected chi connectivity index (χ1v) is 6.75. The summed E-state index contributed by atoms with van der Waals surface area (Å²) in [6, 6.07) is 0.835. The van der Waals surface area contributed by atoms with Crippen molar-refractivity contribution < 1.29 is 5.11 Å². The van der Waals surface area contributed by atoms with Gasteiger partial charge in [-0.1, -0.05) is 0 Å². The van der Waals surface area contributed by atoms with Crippen LogP contribution in [0.3, 0.4) is 0 Å². The third-order valence-electron chi connectivity index (χ3n) is 4.05. The third-order valence-corrected chi connectivity index (χ3v) is 4.05. The van der Waals surface area contributed by atoms with E-state index in [1.54, 1.807) is 0 Å². The van der Waals surface area contributed by atoms with E-state index in [0.29, 0.717) is 12.0 Å². The number of nitrogens with zero attached hydrogens (tertiary/aromatic N) is 1. The fraction of sp³-hybridized carbons (Fsp3) is 1.00. The molecule has 2 aliphatic carbocycles. The van der Waals surface area contributed by atoms with Crippen molar-refractivity contribution >= 4 is 0 Å². The second-order valence-electron chi connectivity index (χ2n) is 5.90. The molecule has 0 aromatic heterocycles. The standard InChI is InChI=1S/C13H26N2O/c1-9(2)15(7-10-3-4-10)12(8-16)13(14)11-5-6-11/h9-13,16H,3-8,14H2,1-2H3. The summed E-state index contributed by atoms with van der Waals surface area (Å²) in [6.07, 6.45) is 5.24. The highest BCUT2D eigenvalue weighted by atomic mass is 16.3. The quantitative estimate of drug-likeness (QED) is 0.686. The highest BCUT2D eigenvalue weighted by molar-refractivity contribution is 4.95. The van der Waals surface area contributed by atoms with Crippen molar-refractivity contribution in [2.24, 2.45) is 17.6 Å². The highest BCUT2D eigenvalue weighted by Gasteiger charge is 2.38. The van der Waals surface area contributed by atoms with Gasteiger partial charge < -0.3 is 10.8 Å². The van der Waals surface area contributed by atoms with Crippen LogP contribution in [0.5, 0.6) is 0 Å². The van der Waals surface area contributed by atoms with Crippen LogP contribution in [0.25, 0.3) is 0 Å². The van der Waals surface area contributed by atoms with Crippen molar-refractivity contribution in [3.05, 3.63) is 0 Å². The SMILES string of the molecule is CC(C)N(CC1CC1)C(CO)C(N)C1CC1. The van der Waals surface area contributed by atoms with Crippen molar-refractivity contribution in [2.45, 2.75) is 57.7 Å². The molecule has 0 amide bonds. The van der Waals surface area contributed by atoms with Crippen molar-refractivity contribution in [3.8, 4) is 0 Å². The average molecular weight is 226 g/mol. The second kappa shape index (κ2) is 5.03. The molecule has 2 atom stereocenters. The minimum atomic E-state index is 0.172. The van der Waals surface area contributed by atoms with Crippen LogP contribution in [0.2, 0.25) is 0 Å². The number of hydrogen-bond acceptors (Lipinski definition) is 3. The summed E-state index contributed by atoms with van der Waals surface area (Å²) in [4.78, 5) is 2.43. The molecule has 2 fully saturated rings. The van der Waals surface area contributed by atoms with Crippen LogP contribution >= 0.6 is 0 Å². The Morgan fingerprint density at radius 2 is 1.88 bits per heavy atom. The maximum atomic E-state index is 9.60. The molecule has 0 saturated heterocycles. The summed E-state index contributed by atoms with van der Waals surface area (Å²) in [5.74, 6) is 1.53. The summed E-state index contributed by atoms with van der Waals surface area (Å²) in [6.45, 7) is 5.77. The molecule has 0 bridgehead atoms. The number of aliphatic hydroxyl groups is 1. The molecule has 2 aliphatic rings. The average Bonchev–Trinajstić information content (AvgIpc) is 3.11. The zero-order chi connectivity index (χ0) is 11.7. The summed E-state index contributed by atoms with van der Waals surface area (Å²) in [7, 11) is 0. The molecule has 0 aromatic carbocycles. The van der Waals surface area contributed by atoms with Gasteiger partial charge in [0.15, 0.2) is 0 Å². The van der Waals surface area contributed by atoms with Crippen LogP contribution in [-0.4, -0.2) is 41.3 Å². The lowest BCUT2D eigenvalue weighted by Gasteiger charge is -2.37. The number of aliphatic hydroxyl groups excluding tert-OH is 1. The monoisotopic (exact) mass is 226 g/mol. The van der Waals surface area contributed by atoms with Gasteiger partial charge in [-0.15, -0.1) is 0 Å². The van der Waals surface area contributed by atoms with Crippen LogP contribution in [0.4, 0.5) is 0 Å². The fourth-order valence-corrected chi connectivity index (χ4v) is 2.57. The molecule has 3 nitrogen and oxygen atoms in total. The molecular formula is C13H26N2O. The van der Waals surface area contributed by atoms with Gasteiger partial charge in [0.1, 0.15) is 0 Å². The van der Waals surface area contributed by atoms with Crippen molar-refractivity contribution in [2.75, 3.05) is 13.2 Å². The van der Waals surface area contributed by atoms with E-state index in [2.05, 4.69) is 18.7 Å². The summed E-state index contributed by atoms with van der Waals surface area (Å²) in [5, 5.41) is 9.60. The van der Waals surface area contributed by atoms with Crippen LogP contribution in [0.15, 0.2) is 0 Å². The summed E-state index contributed by atoms with van der Waals surface area (Å²) < 4.78 is 0. The van der Waals surface area contributed by atoms with E-state index in [0.717, 1.165) is 12.5 Å². The van der Waals surface area contributed by atoms with E-state index in [4.69, 9.17) is 5.73 Å². The van der Waals surface area contributed by atoms with Gasteiger partial charge in [-0.25, -0.2) is 0 Å². The molecule has 0 radical (unpaired) electrons. The maximum absolute atomic E-state index is 9.60. The van der Waals surface area contributed by atoms with E-state index in [1.807, 2.05) is 0 Å². The Kier molecular flexibility index (Phi) is 3.88. The van der Waals surface area contributed by atoms with Crippen LogP contribution in [-0.2, 0) is 0 Å². The van der Waals surface area contributed by atoms with E-state index in [-0.39, 0.29) is 18.7 Å². The lowest BCUT2D eigenvalue weighted by molar-refractivity contribution is 0.0692. The first kappa shape index (κ1) is 12.3. The Labute approximate surface area is 99.0 Å². The van der Waals surface area contributed by atoms with Crippen LogP contribution in [0, 0.1) is 11.8 Å². The predicted molar refractivity (Wildman–Crippen MR) is 66.1 cm³/mol. The smallest absolute Gasteiger partial charge is 0.0602 e. The van der Waals surface area contributed by atoms with Gasteiger partial charge in [-0.3, -0.25) is 4.90 Å². The van der Waals surface area contributed by atoms with Gasteiger partial charge >= 0.3 is 0 Å². The maximum Gasteiger partial charge on any atom is 0.0602 e. The molecule has 16 heavy (non-hydrogen) atoms. The second-order valence-corrected chi connectivity index (χ2v) is 5.90. The Bertz CT molecular complexity index is 224. The molecule has 3 heteroatoms. The highest BCUT2D eigenvalue weighted by Crippen LogP contribution is 2.36. The molecule has 0 heterocycles. The first-order valence-electron chi connectivity index (χ1n) is 6.75. The number of rotatable bonds is 7. The molecule has 3 N–H and O–H groups in total. The molecule has 0 spiro atoms. The summed E-state index contributed by atoms with van der Waals surface area (Å²) in [5.41, 5.74) is 6.27. The fourth-order valence-electron chi connectivity index (χ4n) is 2.57. The van der Waals surface area contributed by atoms with Gasteiger partial charge in [-0.2, -0.15) is 0 Å². The molecule has 0 aromatic rings. The lowest BCUT2D eigenvalue weighted by atomic mass is 10.0. The normalized spacial score (nSPS) is 25.1. The Hall–Kier alpha value is -0.120. The van der Waals surface area contributed by atoms with Crippen molar-refractivity contribution in [3.63, 3.8) is 0 Å². The molecular weight excluding hydrogens is 200 g/mol. The minimum absolute atomic E-state index is 0.172. The van der Waals surface area contributed by atoms with Crippen LogP contribution < -0.4 is 5.73 Å². The summed E-state index contributed by atoms with van der Waals surface area (Å²) >= 11 is 0. The lowest BCUT2D eigenvalue weighted by Crippen LogP contribution is -2.54. The molecule has 2 saturated carbocycles. The van der Waals surface area contributed by atoms with Crippen molar-refractivity contribution in [1.29, 1.82) is 0 Å².